The summed E-state index contributed by atoms with van der Waals surface area (Å²) in [6, 6.07) is 7.38. The molecule has 0 amide bonds. The highest BCUT2D eigenvalue weighted by Crippen LogP contribution is 2.39. The van der Waals surface area contributed by atoms with E-state index in [1.54, 1.807) is 0 Å². The summed E-state index contributed by atoms with van der Waals surface area (Å²) >= 11 is 0. The molecule has 132 valence electrons. The third kappa shape index (κ3) is 5.98. The molecule has 0 heterocycles. The van der Waals surface area contributed by atoms with Crippen molar-refractivity contribution in [1.82, 2.24) is 0 Å². The first-order valence-corrected chi connectivity index (χ1v) is 9.27. The molecule has 0 bridgehead atoms. The van der Waals surface area contributed by atoms with Crippen LogP contribution in [0.3, 0.4) is 0 Å². The monoisotopic (exact) mass is 316 g/mol. The van der Waals surface area contributed by atoms with Gasteiger partial charge in [0.05, 0.1) is 0 Å². The van der Waals surface area contributed by atoms with Gasteiger partial charge in [0, 0.05) is 0 Å². The van der Waals surface area contributed by atoms with Crippen molar-refractivity contribution in [2.24, 2.45) is 11.3 Å². The molecule has 1 atom stereocenters. The van der Waals surface area contributed by atoms with Gasteiger partial charge in [0.1, 0.15) is 0 Å². The molecular formula is C23H40. The first kappa shape index (κ1) is 20.3. The molecule has 0 radical (unpaired) electrons. The minimum absolute atomic E-state index is 0.194. The van der Waals surface area contributed by atoms with E-state index in [0.717, 1.165) is 0 Å². The number of hydrogen-bond donors (Lipinski definition) is 0. The average molecular weight is 317 g/mol. The number of rotatable bonds is 3. The summed E-state index contributed by atoms with van der Waals surface area (Å²) in [6.45, 7) is 25.8. The predicted molar refractivity (Wildman–Crippen MR) is 105 cm³/mol. The topological polar surface area (TPSA) is 0 Å². The van der Waals surface area contributed by atoms with Crippen LogP contribution in [-0.4, -0.2) is 0 Å². The molecule has 0 saturated carbocycles. The van der Waals surface area contributed by atoms with Gasteiger partial charge in [-0.15, -0.1) is 0 Å². The van der Waals surface area contributed by atoms with Crippen LogP contribution in [0.1, 0.15) is 105 Å². The van der Waals surface area contributed by atoms with Gasteiger partial charge in [-0.3, -0.25) is 0 Å². The van der Waals surface area contributed by atoms with E-state index in [1.165, 1.54) is 23.1 Å². The molecule has 0 saturated heterocycles. The van der Waals surface area contributed by atoms with Gasteiger partial charge in [-0.1, -0.05) is 94.4 Å². The van der Waals surface area contributed by atoms with E-state index in [0.29, 0.717) is 17.3 Å². The van der Waals surface area contributed by atoms with E-state index in [4.69, 9.17) is 0 Å². The van der Waals surface area contributed by atoms with E-state index in [2.05, 4.69) is 94.4 Å². The first-order valence-electron chi connectivity index (χ1n) is 9.27. The lowest BCUT2D eigenvalue weighted by Gasteiger charge is -2.32. The van der Waals surface area contributed by atoms with Crippen molar-refractivity contribution in [2.75, 3.05) is 0 Å². The molecule has 0 aliphatic rings. The smallest absolute Gasteiger partial charge is 0.0132 e. The molecule has 0 spiro atoms. The predicted octanol–water partition coefficient (Wildman–Crippen LogP) is 7.46. The van der Waals surface area contributed by atoms with Gasteiger partial charge in [0.2, 0.25) is 0 Å². The molecule has 1 aromatic rings. The Labute approximate surface area is 146 Å². The maximum Gasteiger partial charge on any atom is -0.0132 e. The van der Waals surface area contributed by atoms with Crippen molar-refractivity contribution in [3.8, 4) is 0 Å². The molecule has 0 aliphatic carbocycles. The van der Waals surface area contributed by atoms with Gasteiger partial charge in [-0.05, 0) is 51.2 Å². The lowest BCUT2D eigenvalue weighted by Crippen LogP contribution is -2.20. The largest absolute Gasteiger partial charge is 0.0622 e. The molecule has 0 N–H and O–H groups in total. The van der Waals surface area contributed by atoms with Gasteiger partial charge < -0.3 is 0 Å². The van der Waals surface area contributed by atoms with Crippen LogP contribution in [-0.2, 0) is 10.8 Å². The maximum atomic E-state index is 2.48. The SMILES string of the molecule is CC(C)C(CC(C)(C)C)c1cc(C(C)(C)C)cc(C(C)(C)C)c1. The quantitative estimate of drug-likeness (QED) is 0.543. The van der Waals surface area contributed by atoms with Crippen LogP contribution in [0.4, 0.5) is 0 Å². The molecule has 23 heavy (non-hydrogen) atoms. The molecule has 0 nitrogen and oxygen atoms in total. The molecule has 0 heteroatoms. The van der Waals surface area contributed by atoms with Gasteiger partial charge >= 0.3 is 0 Å². The van der Waals surface area contributed by atoms with Gasteiger partial charge in [-0.2, -0.15) is 0 Å². The third-order valence-electron chi connectivity index (χ3n) is 4.75. The van der Waals surface area contributed by atoms with E-state index >= 15 is 0 Å². The zero-order chi connectivity index (χ0) is 18.2. The fourth-order valence-electron chi connectivity index (χ4n) is 3.13. The fraction of sp³-hybridized carbons (Fsp3) is 0.739. The molecule has 1 unspecified atom stereocenters. The molecule has 0 aliphatic heterocycles. The molecule has 0 aromatic heterocycles. The third-order valence-corrected chi connectivity index (χ3v) is 4.75. The van der Waals surface area contributed by atoms with E-state index in [9.17, 15) is 0 Å². The van der Waals surface area contributed by atoms with Crippen LogP contribution >= 0.6 is 0 Å². The molecular weight excluding hydrogens is 276 g/mol. The van der Waals surface area contributed by atoms with Crippen LogP contribution in [0.25, 0.3) is 0 Å². The summed E-state index contributed by atoms with van der Waals surface area (Å²) in [5.41, 5.74) is 5.22. The lowest BCUT2D eigenvalue weighted by atomic mass is 9.72. The number of benzene rings is 1. The minimum Gasteiger partial charge on any atom is -0.0622 e. The Bertz CT molecular complexity index is 480. The van der Waals surface area contributed by atoms with Crippen LogP contribution in [0, 0.1) is 11.3 Å². The molecule has 0 fully saturated rings. The highest BCUT2D eigenvalue weighted by molar-refractivity contribution is 5.39. The Hall–Kier alpha value is -0.780. The summed E-state index contributed by atoms with van der Waals surface area (Å²) in [6.07, 6.45) is 1.24. The van der Waals surface area contributed by atoms with Crippen molar-refractivity contribution >= 4 is 0 Å². The highest BCUT2D eigenvalue weighted by Gasteiger charge is 2.27. The van der Waals surface area contributed by atoms with Crippen molar-refractivity contribution < 1.29 is 0 Å². The van der Waals surface area contributed by atoms with E-state index in [1.807, 2.05) is 0 Å². The minimum atomic E-state index is 0.194. The van der Waals surface area contributed by atoms with Crippen LogP contribution in [0.2, 0.25) is 0 Å². The van der Waals surface area contributed by atoms with Crippen LogP contribution in [0.5, 0.6) is 0 Å². The average Bonchev–Trinajstić information content (AvgIpc) is 2.32. The summed E-state index contributed by atoms with van der Waals surface area (Å²) in [7, 11) is 0. The molecule has 1 aromatic carbocycles. The van der Waals surface area contributed by atoms with Crippen LogP contribution in [0.15, 0.2) is 18.2 Å². The van der Waals surface area contributed by atoms with Crippen molar-refractivity contribution in [1.29, 1.82) is 0 Å². The lowest BCUT2D eigenvalue weighted by molar-refractivity contribution is 0.300. The van der Waals surface area contributed by atoms with Crippen LogP contribution < -0.4 is 0 Å². The second kappa shape index (κ2) is 6.61. The van der Waals surface area contributed by atoms with Crippen molar-refractivity contribution in [3.05, 3.63) is 34.9 Å². The van der Waals surface area contributed by atoms with Gasteiger partial charge in [-0.25, -0.2) is 0 Å². The Morgan fingerprint density at radius 1 is 0.696 bits per heavy atom. The Morgan fingerprint density at radius 3 is 1.35 bits per heavy atom. The second-order valence-electron chi connectivity index (χ2n) is 11.0. The van der Waals surface area contributed by atoms with E-state index < -0.39 is 0 Å². The summed E-state index contributed by atoms with van der Waals surface area (Å²) in [5.74, 6) is 1.29. The summed E-state index contributed by atoms with van der Waals surface area (Å²) in [4.78, 5) is 0. The standard InChI is InChI=1S/C23H40/c1-16(2)20(15-21(3,4)5)17-12-18(22(6,7)8)14-19(13-17)23(9,10)11/h12-14,16,20H,15H2,1-11H3. The van der Waals surface area contributed by atoms with Crippen molar-refractivity contribution in [2.45, 2.75) is 99.3 Å². The first-order chi connectivity index (χ1) is 10.1. The fourth-order valence-corrected chi connectivity index (χ4v) is 3.13. The molecule has 1 rings (SSSR count). The Kier molecular flexibility index (Phi) is 5.83. The van der Waals surface area contributed by atoms with E-state index in [-0.39, 0.29) is 10.8 Å². The van der Waals surface area contributed by atoms with Crippen molar-refractivity contribution in [3.63, 3.8) is 0 Å². The maximum absolute atomic E-state index is 2.48. The highest BCUT2D eigenvalue weighted by atomic mass is 14.3. The second-order valence-corrected chi connectivity index (χ2v) is 11.0. The Morgan fingerprint density at radius 2 is 1.09 bits per heavy atom. The number of hydrogen-bond acceptors (Lipinski definition) is 0. The Balaban J connectivity index is 3.48. The normalized spacial score (nSPS) is 15.1. The zero-order valence-electron chi connectivity index (χ0n) is 17.6. The zero-order valence-corrected chi connectivity index (χ0v) is 17.6. The van der Waals surface area contributed by atoms with Gasteiger partial charge in [0.25, 0.3) is 0 Å². The van der Waals surface area contributed by atoms with Gasteiger partial charge in [0.15, 0.2) is 0 Å². The summed E-state index contributed by atoms with van der Waals surface area (Å²) in [5, 5.41) is 0. The summed E-state index contributed by atoms with van der Waals surface area (Å²) < 4.78 is 0.